The van der Waals surface area contributed by atoms with E-state index in [-0.39, 0.29) is 6.04 Å². The number of rotatable bonds is 6. The van der Waals surface area contributed by atoms with Crippen molar-refractivity contribution in [1.29, 1.82) is 0 Å². The van der Waals surface area contributed by atoms with Crippen LogP contribution in [0, 0.1) is 5.92 Å². The van der Waals surface area contributed by atoms with Gasteiger partial charge in [-0.3, -0.25) is 0 Å². The largest absolute Gasteiger partial charge is 0.481 e. The van der Waals surface area contributed by atoms with E-state index in [1.807, 2.05) is 16.9 Å². The Hall–Kier alpha value is -1.91. The lowest BCUT2D eigenvalue weighted by Crippen LogP contribution is -2.20. The molecular weight excluding hydrogens is 240 g/mol. The molecule has 0 radical (unpaired) electrons. The van der Waals surface area contributed by atoms with Gasteiger partial charge in [-0.15, -0.1) is 0 Å². The predicted molar refractivity (Wildman–Crippen MR) is 73.0 cm³/mol. The summed E-state index contributed by atoms with van der Waals surface area (Å²) in [5.74, 6) is 1.14. The van der Waals surface area contributed by atoms with E-state index in [9.17, 15) is 0 Å². The van der Waals surface area contributed by atoms with Crippen LogP contribution < -0.4 is 4.74 Å². The number of pyridine rings is 1. The fraction of sp³-hybridized carbons (Fsp3) is 0.500. The van der Waals surface area contributed by atoms with Crippen molar-refractivity contribution in [2.45, 2.75) is 32.7 Å². The molecule has 1 atom stereocenters. The van der Waals surface area contributed by atoms with E-state index in [2.05, 4.69) is 35.0 Å². The molecule has 1 unspecified atom stereocenters. The summed E-state index contributed by atoms with van der Waals surface area (Å²) >= 11 is 0. The molecule has 0 spiro atoms. The average molecular weight is 260 g/mol. The molecule has 2 aromatic heterocycles. The van der Waals surface area contributed by atoms with E-state index in [4.69, 9.17) is 4.74 Å². The fourth-order valence-corrected chi connectivity index (χ4v) is 2.42. The Morgan fingerprint density at radius 1 is 1.26 bits per heavy atom. The second kappa shape index (κ2) is 6.31. The SMILES string of the molecule is CCC(CC)C(c1ccc(OC)nc1)n1cncn1. The molecule has 0 saturated carbocycles. The maximum Gasteiger partial charge on any atom is 0.212 e. The van der Waals surface area contributed by atoms with Crippen LogP contribution in [0.15, 0.2) is 31.0 Å². The first kappa shape index (κ1) is 13.5. The van der Waals surface area contributed by atoms with Gasteiger partial charge >= 0.3 is 0 Å². The van der Waals surface area contributed by atoms with Gasteiger partial charge in [0, 0.05) is 12.3 Å². The zero-order valence-corrected chi connectivity index (χ0v) is 11.7. The smallest absolute Gasteiger partial charge is 0.212 e. The first-order valence-electron chi connectivity index (χ1n) is 6.64. The Morgan fingerprint density at radius 2 is 2.05 bits per heavy atom. The Morgan fingerprint density at radius 3 is 2.53 bits per heavy atom. The number of aromatic nitrogens is 4. The fourth-order valence-electron chi connectivity index (χ4n) is 2.42. The van der Waals surface area contributed by atoms with Gasteiger partial charge < -0.3 is 4.74 Å². The highest BCUT2D eigenvalue weighted by molar-refractivity contribution is 5.21. The monoisotopic (exact) mass is 260 g/mol. The van der Waals surface area contributed by atoms with Gasteiger partial charge in [0.15, 0.2) is 0 Å². The zero-order valence-electron chi connectivity index (χ0n) is 11.7. The van der Waals surface area contributed by atoms with Crippen LogP contribution in [-0.4, -0.2) is 26.9 Å². The number of methoxy groups -OCH3 is 1. The van der Waals surface area contributed by atoms with Crippen LogP contribution in [0.25, 0.3) is 0 Å². The van der Waals surface area contributed by atoms with Gasteiger partial charge in [-0.1, -0.05) is 26.7 Å². The molecule has 0 amide bonds. The summed E-state index contributed by atoms with van der Waals surface area (Å²) in [6, 6.07) is 4.12. The Labute approximate surface area is 113 Å². The van der Waals surface area contributed by atoms with Crippen molar-refractivity contribution in [3.8, 4) is 5.88 Å². The van der Waals surface area contributed by atoms with Gasteiger partial charge in [0.1, 0.15) is 12.7 Å². The van der Waals surface area contributed by atoms with Gasteiger partial charge in [-0.2, -0.15) is 5.10 Å². The lowest BCUT2D eigenvalue weighted by Gasteiger charge is -2.25. The van der Waals surface area contributed by atoms with Crippen molar-refractivity contribution in [3.63, 3.8) is 0 Å². The molecule has 5 nitrogen and oxygen atoms in total. The quantitative estimate of drug-likeness (QED) is 0.801. The molecule has 0 fully saturated rings. The Kier molecular flexibility index (Phi) is 4.49. The summed E-state index contributed by atoms with van der Waals surface area (Å²) in [4.78, 5) is 8.36. The van der Waals surface area contributed by atoms with Gasteiger partial charge in [-0.25, -0.2) is 14.6 Å². The average Bonchev–Trinajstić information content (AvgIpc) is 2.98. The van der Waals surface area contributed by atoms with E-state index < -0.39 is 0 Å². The van der Waals surface area contributed by atoms with Crippen molar-refractivity contribution in [2.75, 3.05) is 7.11 Å². The van der Waals surface area contributed by atoms with Crippen LogP contribution in [-0.2, 0) is 0 Å². The molecule has 0 saturated heterocycles. The van der Waals surface area contributed by atoms with Crippen LogP contribution in [0.2, 0.25) is 0 Å². The minimum Gasteiger partial charge on any atom is -0.481 e. The van der Waals surface area contributed by atoms with E-state index in [0.717, 1.165) is 18.4 Å². The number of nitrogens with zero attached hydrogens (tertiary/aromatic N) is 4. The molecule has 2 aromatic rings. The molecule has 102 valence electrons. The van der Waals surface area contributed by atoms with Crippen molar-refractivity contribution in [2.24, 2.45) is 5.92 Å². The summed E-state index contributed by atoms with van der Waals surface area (Å²) in [6.45, 7) is 4.41. The summed E-state index contributed by atoms with van der Waals surface area (Å²) in [5.41, 5.74) is 1.14. The molecule has 0 aliphatic carbocycles. The first-order chi connectivity index (χ1) is 9.30. The third-order valence-electron chi connectivity index (χ3n) is 3.53. The maximum absolute atomic E-state index is 5.11. The molecule has 2 heterocycles. The minimum atomic E-state index is 0.177. The van der Waals surface area contributed by atoms with Crippen LogP contribution in [0.4, 0.5) is 0 Å². The van der Waals surface area contributed by atoms with E-state index in [1.165, 1.54) is 0 Å². The van der Waals surface area contributed by atoms with E-state index in [0.29, 0.717) is 11.8 Å². The normalized spacial score (nSPS) is 12.6. The molecule has 0 N–H and O–H groups in total. The highest BCUT2D eigenvalue weighted by Gasteiger charge is 2.23. The summed E-state index contributed by atoms with van der Waals surface area (Å²) in [5, 5.41) is 4.30. The third kappa shape index (κ3) is 2.92. The van der Waals surface area contributed by atoms with Crippen molar-refractivity contribution in [3.05, 3.63) is 36.5 Å². The standard InChI is InChI=1S/C14H20N4O/c1-4-11(5-2)14(18-10-15-9-17-18)12-6-7-13(19-3)16-8-12/h6-11,14H,4-5H2,1-3H3. The van der Waals surface area contributed by atoms with E-state index in [1.54, 1.807) is 19.8 Å². The molecule has 0 aromatic carbocycles. The van der Waals surface area contributed by atoms with E-state index >= 15 is 0 Å². The highest BCUT2D eigenvalue weighted by Crippen LogP contribution is 2.30. The first-order valence-corrected chi connectivity index (χ1v) is 6.64. The van der Waals surface area contributed by atoms with Crippen LogP contribution in [0.1, 0.15) is 38.3 Å². The third-order valence-corrected chi connectivity index (χ3v) is 3.53. The van der Waals surface area contributed by atoms with Crippen molar-refractivity contribution < 1.29 is 4.74 Å². The van der Waals surface area contributed by atoms with Crippen molar-refractivity contribution in [1.82, 2.24) is 19.7 Å². The predicted octanol–water partition coefficient (Wildman–Crippen LogP) is 2.71. The number of hydrogen-bond acceptors (Lipinski definition) is 4. The van der Waals surface area contributed by atoms with Gasteiger partial charge in [0.05, 0.1) is 13.2 Å². The van der Waals surface area contributed by atoms with Gasteiger partial charge in [0.25, 0.3) is 0 Å². The van der Waals surface area contributed by atoms with Crippen molar-refractivity contribution >= 4 is 0 Å². The second-order valence-electron chi connectivity index (χ2n) is 4.53. The number of ether oxygens (including phenoxy) is 1. The summed E-state index contributed by atoms with van der Waals surface area (Å²) in [6.07, 6.45) is 7.39. The molecule has 5 heteroatoms. The maximum atomic E-state index is 5.11. The number of hydrogen-bond donors (Lipinski definition) is 0. The van der Waals surface area contributed by atoms with Crippen LogP contribution in [0.3, 0.4) is 0 Å². The molecule has 0 bridgehead atoms. The van der Waals surface area contributed by atoms with Gasteiger partial charge in [0.2, 0.25) is 5.88 Å². The molecule has 0 aliphatic rings. The Bertz CT molecular complexity index is 477. The molecule has 2 rings (SSSR count). The Balaban J connectivity index is 2.36. The van der Waals surface area contributed by atoms with Crippen LogP contribution >= 0.6 is 0 Å². The second-order valence-corrected chi connectivity index (χ2v) is 4.53. The van der Waals surface area contributed by atoms with Gasteiger partial charge in [-0.05, 0) is 17.5 Å². The highest BCUT2D eigenvalue weighted by atomic mass is 16.5. The summed E-state index contributed by atoms with van der Waals surface area (Å²) in [7, 11) is 1.62. The lowest BCUT2D eigenvalue weighted by molar-refractivity contribution is 0.330. The summed E-state index contributed by atoms with van der Waals surface area (Å²) < 4.78 is 7.02. The molecule has 0 aliphatic heterocycles. The topological polar surface area (TPSA) is 52.8 Å². The lowest BCUT2D eigenvalue weighted by atomic mass is 9.90. The minimum absolute atomic E-state index is 0.177. The zero-order chi connectivity index (χ0) is 13.7. The molecule has 19 heavy (non-hydrogen) atoms. The molecular formula is C14H20N4O. The van der Waals surface area contributed by atoms with Crippen LogP contribution in [0.5, 0.6) is 5.88 Å².